The summed E-state index contributed by atoms with van der Waals surface area (Å²) in [5, 5.41) is 7.28. The van der Waals surface area contributed by atoms with Crippen molar-refractivity contribution in [1.29, 1.82) is 0 Å². The molecular weight excluding hydrogens is 461 g/mol. The average molecular weight is 492 g/mol. The Kier molecular flexibility index (Phi) is 6.63. The second-order valence-electron chi connectivity index (χ2n) is 9.55. The van der Waals surface area contributed by atoms with Crippen molar-refractivity contribution in [2.24, 2.45) is 0 Å². The molecule has 9 heteroatoms. The first kappa shape index (κ1) is 23.8. The molecule has 0 unspecified atom stereocenters. The Morgan fingerprint density at radius 1 is 1.06 bits per heavy atom. The third-order valence-electron chi connectivity index (χ3n) is 6.59. The zero-order valence-corrected chi connectivity index (χ0v) is 20.5. The number of hydrogen-bond donors (Lipinski definition) is 1. The highest BCUT2D eigenvalue weighted by Gasteiger charge is 2.29. The number of amides is 2. The largest absolute Gasteiger partial charge is 0.482 e. The molecule has 0 atom stereocenters. The zero-order chi connectivity index (χ0) is 25.2. The fourth-order valence-corrected chi connectivity index (χ4v) is 4.81. The summed E-state index contributed by atoms with van der Waals surface area (Å²) >= 11 is 0. The number of nitrogens with one attached hydrogen (secondary N) is 1. The summed E-state index contributed by atoms with van der Waals surface area (Å²) in [6.45, 7) is 5.96. The highest BCUT2D eigenvalue weighted by atomic mass is 19.1. The van der Waals surface area contributed by atoms with E-state index in [0.717, 1.165) is 0 Å². The lowest BCUT2D eigenvalue weighted by molar-refractivity contribution is 0.191. The molecule has 2 amide bonds. The SMILES string of the molecule is CC(C)NC(=O)N1CCN(c2cnn(-c3cccc(F)c3)c(=O)c2OC2Cc3ccccc3C2)CC1. The van der Waals surface area contributed by atoms with Gasteiger partial charge in [-0.2, -0.15) is 9.78 Å². The van der Waals surface area contributed by atoms with Crippen LogP contribution in [0.4, 0.5) is 14.9 Å². The molecule has 2 aliphatic rings. The maximum Gasteiger partial charge on any atom is 0.317 e. The van der Waals surface area contributed by atoms with Gasteiger partial charge in [-0.3, -0.25) is 4.79 Å². The molecule has 36 heavy (non-hydrogen) atoms. The average Bonchev–Trinajstić information content (AvgIpc) is 3.27. The molecule has 1 fully saturated rings. The lowest BCUT2D eigenvalue weighted by Crippen LogP contribution is -2.53. The Morgan fingerprint density at radius 2 is 1.75 bits per heavy atom. The number of nitrogens with zero attached hydrogens (tertiary/aromatic N) is 4. The van der Waals surface area contributed by atoms with Gasteiger partial charge in [0.05, 0.1) is 11.9 Å². The Hall–Kier alpha value is -3.88. The van der Waals surface area contributed by atoms with E-state index in [2.05, 4.69) is 22.5 Å². The highest BCUT2D eigenvalue weighted by molar-refractivity contribution is 5.75. The van der Waals surface area contributed by atoms with Gasteiger partial charge in [-0.15, -0.1) is 0 Å². The highest BCUT2D eigenvalue weighted by Crippen LogP contribution is 2.30. The minimum Gasteiger partial charge on any atom is -0.482 e. The van der Waals surface area contributed by atoms with Crippen molar-refractivity contribution in [1.82, 2.24) is 20.0 Å². The molecule has 0 saturated carbocycles. The van der Waals surface area contributed by atoms with Crippen LogP contribution >= 0.6 is 0 Å². The summed E-state index contributed by atoms with van der Waals surface area (Å²) in [5.74, 6) is -0.248. The first-order valence-corrected chi connectivity index (χ1v) is 12.3. The molecule has 0 bridgehead atoms. The van der Waals surface area contributed by atoms with Crippen LogP contribution in [0.15, 0.2) is 59.5 Å². The quantitative estimate of drug-likeness (QED) is 0.593. The number of carbonyl (C=O) groups is 1. The number of benzene rings is 2. The van der Waals surface area contributed by atoms with Gasteiger partial charge in [0.15, 0.2) is 0 Å². The number of anilines is 1. The molecule has 1 aliphatic carbocycles. The van der Waals surface area contributed by atoms with Crippen molar-refractivity contribution in [2.75, 3.05) is 31.1 Å². The molecule has 0 spiro atoms. The van der Waals surface area contributed by atoms with E-state index in [4.69, 9.17) is 4.74 Å². The number of urea groups is 1. The van der Waals surface area contributed by atoms with Gasteiger partial charge in [-0.05, 0) is 43.2 Å². The third kappa shape index (κ3) is 4.91. The van der Waals surface area contributed by atoms with Crippen molar-refractivity contribution in [3.63, 3.8) is 0 Å². The van der Waals surface area contributed by atoms with E-state index in [1.54, 1.807) is 23.2 Å². The van der Waals surface area contributed by atoms with Crippen molar-refractivity contribution in [3.05, 3.63) is 82.0 Å². The Labute approximate surface area is 209 Å². The molecule has 0 radical (unpaired) electrons. The summed E-state index contributed by atoms with van der Waals surface area (Å²) in [7, 11) is 0. The Bertz CT molecular complexity index is 1290. The molecule has 3 aromatic rings. The Morgan fingerprint density at radius 3 is 2.39 bits per heavy atom. The predicted octanol–water partition coefficient (Wildman–Crippen LogP) is 3.16. The smallest absolute Gasteiger partial charge is 0.317 e. The van der Waals surface area contributed by atoms with Crippen LogP contribution in [0.25, 0.3) is 5.69 Å². The van der Waals surface area contributed by atoms with E-state index in [9.17, 15) is 14.0 Å². The van der Waals surface area contributed by atoms with E-state index in [0.29, 0.717) is 50.4 Å². The van der Waals surface area contributed by atoms with E-state index in [1.165, 1.54) is 27.9 Å². The number of hydrogen-bond acceptors (Lipinski definition) is 5. The third-order valence-corrected chi connectivity index (χ3v) is 6.59. The van der Waals surface area contributed by atoms with Gasteiger partial charge < -0.3 is 19.9 Å². The van der Waals surface area contributed by atoms with Crippen LogP contribution in [0.5, 0.6) is 5.75 Å². The van der Waals surface area contributed by atoms with E-state index < -0.39 is 11.4 Å². The van der Waals surface area contributed by atoms with Crippen molar-refractivity contribution < 1.29 is 13.9 Å². The summed E-state index contributed by atoms with van der Waals surface area (Å²) < 4.78 is 21.5. The maximum absolute atomic E-state index is 13.9. The topological polar surface area (TPSA) is 79.7 Å². The van der Waals surface area contributed by atoms with Crippen LogP contribution in [0, 0.1) is 5.82 Å². The predicted molar refractivity (Wildman–Crippen MR) is 136 cm³/mol. The zero-order valence-electron chi connectivity index (χ0n) is 20.5. The van der Waals surface area contributed by atoms with E-state index in [1.807, 2.05) is 30.9 Å². The van der Waals surface area contributed by atoms with Gasteiger partial charge in [0.1, 0.15) is 17.6 Å². The number of fused-ring (bicyclic) bond motifs is 1. The van der Waals surface area contributed by atoms with Crippen molar-refractivity contribution in [2.45, 2.75) is 38.8 Å². The lowest BCUT2D eigenvalue weighted by atomic mass is 10.1. The van der Waals surface area contributed by atoms with Crippen LogP contribution in [0.2, 0.25) is 0 Å². The Balaban J connectivity index is 1.44. The van der Waals surface area contributed by atoms with Gasteiger partial charge in [0, 0.05) is 45.1 Å². The summed E-state index contributed by atoms with van der Waals surface area (Å²) in [6.07, 6.45) is 2.84. The summed E-state index contributed by atoms with van der Waals surface area (Å²) in [4.78, 5) is 29.9. The molecule has 1 aromatic heterocycles. The van der Waals surface area contributed by atoms with Crippen LogP contribution < -0.4 is 20.5 Å². The molecule has 8 nitrogen and oxygen atoms in total. The van der Waals surface area contributed by atoms with Crippen LogP contribution in [0.3, 0.4) is 0 Å². The fourth-order valence-electron chi connectivity index (χ4n) is 4.81. The van der Waals surface area contributed by atoms with Crippen LogP contribution in [0.1, 0.15) is 25.0 Å². The molecule has 2 heterocycles. The van der Waals surface area contributed by atoms with Gasteiger partial charge in [0.25, 0.3) is 0 Å². The van der Waals surface area contributed by atoms with E-state index >= 15 is 0 Å². The minimum atomic E-state index is -0.449. The van der Waals surface area contributed by atoms with Gasteiger partial charge in [0.2, 0.25) is 5.75 Å². The number of rotatable bonds is 5. The van der Waals surface area contributed by atoms with Gasteiger partial charge >= 0.3 is 11.6 Å². The molecule has 1 saturated heterocycles. The van der Waals surface area contributed by atoms with Crippen LogP contribution in [-0.4, -0.2) is 59.0 Å². The van der Waals surface area contributed by atoms with E-state index in [-0.39, 0.29) is 23.9 Å². The first-order valence-electron chi connectivity index (χ1n) is 12.3. The number of aromatic nitrogens is 2. The van der Waals surface area contributed by atoms with Gasteiger partial charge in [-0.25, -0.2) is 9.18 Å². The monoisotopic (exact) mass is 491 g/mol. The first-order chi connectivity index (χ1) is 17.4. The normalized spacial score (nSPS) is 15.8. The van der Waals surface area contributed by atoms with Crippen molar-refractivity contribution >= 4 is 11.7 Å². The molecule has 188 valence electrons. The number of piperazine rings is 1. The number of carbonyl (C=O) groups excluding carboxylic acids is 1. The molecule has 1 N–H and O–H groups in total. The molecule has 5 rings (SSSR count). The molecular formula is C27H30FN5O3. The number of halogens is 1. The molecule has 1 aliphatic heterocycles. The second-order valence-corrected chi connectivity index (χ2v) is 9.55. The maximum atomic E-state index is 13.9. The van der Waals surface area contributed by atoms with Crippen LogP contribution in [-0.2, 0) is 12.8 Å². The molecule has 2 aromatic carbocycles. The summed E-state index contributed by atoms with van der Waals surface area (Å²) in [5.41, 5.74) is 2.92. The lowest BCUT2D eigenvalue weighted by Gasteiger charge is -2.36. The number of ether oxygens (including phenoxy) is 1. The fraction of sp³-hybridized carbons (Fsp3) is 0.370. The summed E-state index contributed by atoms with van der Waals surface area (Å²) in [6, 6.07) is 13.9. The van der Waals surface area contributed by atoms with Gasteiger partial charge in [-0.1, -0.05) is 30.3 Å². The second kappa shape index (κ2) is 10.0. The standard InChI is InChI=1S/C27H30FN5O3/c1-18(2)30-27(35)32-12-10-31(11-13-32)24-17-29-33(22-9-5-8-21(28)16-22)26(34)25(24)36-23-14-19-6-3-4-7-20(19)15-23/h3-9,16-18,23H,10-15H2,1-2H3,(H,30,35). The van der Waals surface area contributed by atoms with Crippen molar-refractivity contribution in [3.8, 4) is 11.4 Å². The minimum absolute atomic E-state index is 0.0608.